The van der Waals surface area contributed by atoms with Crippen LogP contribution in [0.15, 0.2) is 47.5 Å². The van der Waals surface area contributed by atoms with Gasteiger partial charge in [0.25, 0.3) is 0 Å². The molecule has 4 nitrogen and oxygen atoms in total. The molecule has 0 atom stereocenters. The van der Waals surface area contributed by atoms with Crippen molar-refractivity contribution in [3.05, 3.63) is 59.5 Å². The topological polar surface area (TPSA) is 54.0 Å². The third kappa shape index (κ3) is 2.38. The van der Waals surface area contributed by atoms with Gasteiger partial charge in [0.1, 0.15) is 0 Å². The average molecular weight is 280 g/mol. The molecule has 0 bridgehead atoms. The molecule has 0 spiro atoms. The fraction of sp³-hybridized carbons (Fsp3) is 0.133. The third-order valence-corrected chi connectivity index (χ3v) is 3.89. The monoisotopic (exact) mass is 280 g/mol. The molecule has 0 amide bonds. The van der Waals surface area contributed by atoms with Gasteiger partial charge in [-0.05, 0) is 24.0 Å². The summed E-state index contributed by atoms with van der Waals surface area (Å²) in [7, 11) is 0. The van der Waals surface area contributed by atoms with Gasteiger partial charge in [0.05, 0.1) is 11.6 Å². The SMILES string of the molecule is CSc1ccccc1Cc1nc2cc(C#N)ccn2n1. The maximum atomic E-state index is 8.90. The van der Waals surface area contributed by atoms with Crippen molar-refractivity contribution in [2.75, 3.05) is 6.26 Å². The summed E-state index contributed by atoms with van der Waals surface area (Å²) >= 11 is 1.72. The van der Waals surface area contributed by atoms with Crippen LogP contribution < -0.4 is 0 Å². The van der Waals surface area contributed by atoms with Gasteiger partial charge in [0.15, 0.2) is 11.5 Å². The van der Waals surface area contributed by atoms with Crippen LogP contribution in [0.4, 0.5) is 0 Å². The lowest BCUT2D eigenvalue weighted by Crippen LogP contribution is -1.93. The van der Waals surface area contributed by atoms with Crippen molar-refractivity contribution in [3.63, 3.8) is 0 Å². The maximum absolute atomic E-state index is 8.90. The number of thioether (sulfide) groups is 1. The predicted molar refractivity (Wildman–Crippen MR) is 78.7 cm³/mol. The largest absolute Gasteiger partial charge is 0.221 e. The molecule has 3 rings (SSSR count). The Morgan fingerprint density at radius 1 is 1.30 bits per heavy atom. The number of benzene rings is 1. The second kappa shape index (κ2) is 5.35. The zero-order valence-corrected chi connectivity index (χ0v) is 11.8. The minimum atomic E-state index is 0.598. The van der Waals surface area contributed by atoms with Gasteiger partial charge in [-0.25, -0.2) is 9.50 Å². The Balaban J connectivity index is 1.97. The maximum Gasteiger partial charge on any atom is 0.156 e. The Kier molecular flexibility index (Phi) is 3.40. The van der Waals surface area contributed by atoms with E-state index in [9.17, 15) is 0 Å². The summed E-state index contributed by atoms with van der Waals surface area (Å²) in [6.07, 6.45) is 4.53. The van der Waals surface area contributed by atoms with E-state index in [4.69, 9.17) is 5.26 Å². The summed E-state index contributed by atoms with van der Waals surface area (Å²) in [5.41, 5.74) is 2.53. The van der Waals surface area contributed by atoms with Gasteiger partial charge >= 0.3 is 0 Å². The first kappa shape index (κ1) is 12.7. The van der Waals surface area contributed by atoms with Crippen LogP contribution in [0.25, 0.3) is 5.65 Å². The van der Waals surface area contributed by atoms with E-state index in [2.05, 4.69) is 34.5 Å². The van der Waals surface area contributed by atoms with Crippen LogP contribution in [-0.4, -0.2) is 20.9 Å². The molecule has 0 N–H and O–H groups in total. The second-order valence-corrected chi connectivity index (χ2v) is 5.19. The number of pyridine rings is 1. The zero-order valence-electron chi connectivity index (χ0n) is 10.9. The Labute approximate surface area is 121 Å². The number of aromatic nitrogens is 3. The van der Waals surface area contributed by atoms with E-state index in [1.807, 2.05) is 12.1 Å². The quantitative estimate of drug-likeness (QED) is 0.692. The van der Waals surface area contributed by atoms with Crippen molar-refractivity contribution in [1.82, 2.24) is 14.6 Å². The number of nitriles is 1. The molecule has 2 aromatic heterocycles. The Morgan fingerprint density at radius 2 is 2.15 bits per heavy atom. The Hall–Kier alpha value is -2.32. The van der Waals surface area contributed by atoms with Crippen molar-refractivity contribution in [3.8, 4) is 6.07 Å². The number of fused-ring (bicyclic) bond motifs is 1. The number of rotatable bonds is 3. The summed E-state index contributed by atoms with van der Waals surface area (Å²) < 4.78 is 1.71. The summed E-state index contributed by atoms with van der Waals surface area (Å²) in [6, 6.07) is 13.9. The lowest BCUT2D eigenvalue weighted by atomic mass is 10.1. The van der Waals surface area contributed by atoms with Crippen molar-refractivity contribution in [2.45, 2.75) is 11.3 Å². The summed E-state index contributed by atoms with van der Waals surface area (Å²) in [4.78, 5) is 5.72. The van der Waals surface area contributed by atoms with E-state index in [0.717, 1.165) is 5.82 Å². The van der Waals surface area contributed by atoms with E-state index >= 15 is 0 Å². The molecule has 1 aromatic carbocycles. The van der Waals surface area contributed by atoms with Gasteiger partial charge in [-0.3, -0.25) is 0 Å². The van der Waals surface area contributed by atoms with Crippen LogP contribution in [0.3, 0.4) is 0 Å². The van der Waals surface area contributed by atoms with Crippen LogP contribution >= 0.6 is 11.8 Å². The second-order valence-electron chi connectivity index (χ2n) is 4.35. The van der Waals surface area contributed by atoms with Gasteiger partial charge < -0.3 is 0 Å². The van der Waals surface area contributed by atoms with Crippen molar-refractivity contribution < 1.29 is 0 Å². The zero-order chi connectivity index (χ0) is 13.9. The van der Waals surface area contributed by atoms with Crippen LogP contribution in [0.1, 0.15) is 17.0 Å². The number of hydrogen-bond acceptors (Lipinski definition) is 4. The highest BCUT2D eigenvalue weighted by Crippen LogP contribution is 2.21. The number of nitrogens with zero attached hydrogens (tertiary/aromatic N) is 4. The molecule has 0 radical (unpaired) electrons. The lowest BCUT2D eigenvalue weighted by Gasteiger charge is -2.03. The van der Waals surface area contributed by atoms with Crippen LogP contribution in [0, 0.1) is 11.3 Å². The molecule has 0 aliphatic heterocycles. The Bertz CT molecular complexity index is 801. The minimum Gasteiger partial charge on any atom is -0.221 e. The standard InChI is InChI=1S/C15H12N4S/c1-20-13-5-3-2-4-12(13)9-14-17-15-8-11(10-16)6-7-19(15)18-14/h2-8H,9H2,1H3. The van der Waals surface area contributed by atoms with E-state index in [1.165, 1.54) is 10.5 Å². The van der Waals surface area contributed by atoms with E-state index in [1.54, 1.807) is 34.6 Å². The summed E-state index contributed by atoms with van der Waals surface area (Å²) in [6.45, 7) is 0. The third-order valence-electron chi connectivity index (χ3n) is 3.05. The first-order chi connectivity index (χ1) is 9.80. The highest BCUT2D eigenvalue weighted by atomic mass is 32.2. The van der Waals surface area contributed by atoms with Crippen LogP contribution in [-0.2, 0) is 6.42 Å². The lowest BCUT2D eigenvalue weighted by molar-refractivity contribution is 0.893. The minimum absolute atomic E-state index is 0.598. The highest BCUT2D eigenvalue weighted by Gasteiger charge is 2.08. The van der Waals surface area contributed by atoms with Crippen molar-refractivity contribution in [2.24, 2.45) is 0 Å². The normalized spacial score (nSPS) is 10.6. The molecule has 98 valence electrons. The fourth-order valence-corrected chi connectivity index (χ4v) is 2.71. The first-order valence-electron chi connectivity index (χ1n) is 6.17. The number of hydrogen-bond donors (Lipinski definition) is 0. The molecule has 5 heteroatoms. The van der Waals surface area contributed by atoms with E-state index < -0.39 is 0 Å². The summed E-state index contributed by atoms with van der Waals surface area (Å²) in [5, 5.41) is 13.3. The smallest absolute Gasteiger partial charge is 0.156 e. The molecule has 3 aromatic rings. The molecule has 0 aliphatic carbocycles. The molecule has 0 saturated heterocycles. The molecule has 2 heterocycles. The molecule has 0 unspecified atom stereocenters. The fourth-order valence-electron chi connectivity index (χ4n) is 2.09. The molecule has 0 fully saturated rings. The summed E-state index contributed by atoms with van der Waals surface area (Å²) in [5.74, 6) is 0.765. The first-order valence-corrected chi connectivity index (χ1v) is 7.40. The molecule has 0 saturated carbocycles. The molecular weight excluding hydrogens is 268 g/mol. The van der Waals surface area contributed by atoms with Gasteiger partial charge in [-0.15, -0.1) is 11.8 Å². The van der Waals surface area contributed by atoms with Crippen LogP contribution in [0.5, 0.6) is 0 Å². The predicted octanol–water partition coefficient (Wildman–Crippen LogP) is 2.91. The van der Waals surface area contributed by atoms with Crippen LogP contribution in [0.2, 0.25) is 0 Å². The van der Waals surface area contributed by atoms with Crippen molar-refractivity contribution in [1.29, 1.82) is 5.26 Å². The molecular formula is C15H12N4S. The molecule has 0 aliphatic rings. The van der Waals surface area contributed by atoms with E-state index in [-0.39, 0.29) is 0 Å². The van der Waals surface area contributed by atoms with Crippen molar-refractivity contribution >= 4 is 17.4 Å². The highest BCUT2D eigenvalue weighted by molar-refractivity contribution is 7.98. The van der Waals surface area contributed by atoms with Gasteiger partial charge in [-0.2, -0.15) is 10.4 Å². The Morgan fingerprint density at radius 3 is 2.95 bits per heavy atom. The van der Waals surface area contributed by atoms with Gasteiger partial charge in [0, 0.05) is 23.6 Å². The van der Waals surface area contributed by atoms with E-state index in [0.29, 0.717) is 17.6 Å². The average Bonchev–Trinajstić information content (AvgIpc) is 2.89. The van der Waals surface area contributed by atoms with Gasteiger partial charge in [0.2, 0.25) is 0 Å². The van der Waals surface area contributed by atoms with Gasteiger partial charge in [-0.1, -0.05) is 18.2 Å². The molecule has 20 heavy (non-hydrogen) atoms.